The second-order valence-electron chi connectivity index (χ2n) is 6.58. The molecule has 26 heavy (non-hydrogen) atoms. The summed E-state index contributed by atoms with van der Waals surface area (Å²) in [4.78, 5) is 13.7. The van der Waals surface area contributed by atoms with Crippen LogP contribution in [-0.2, 0) is 13.5 Å². The maximum Gasteiger partial charge on any atom is 0.165 e. The lowest BCUT2D eigenvalue weighted by Crippen LogP contribution is -2.10. The van der Waals surface area contributed by atoms with Crippen LogP contribution in [0.3, 0.4) is 0 Å². The lowest BCUT2D eigenvalue weighted by Gasteiger charge is -2.16. The molecule has 0 amide bonds. The number of hydrogen-bond acceptors (Lipinski definition) is 5. The minimum atomic E-state index is 0.256. The molecule has 6 nitrogen and oxygen atoms in total. The summed E-state index contributed by atoms with van der Waals surface area (Å²) in [5, 5.41) is 8.94. The first kappa shape index (κ1) is 15.0. The number of anilines is 1. The van der Waals surface area contributed by atoms with Gasteiger partial charge in [0.1, 0.15) is 5.82 Å². The molecule has 0 radical (unpaired) electrons. The van der Waals surface area contributed by atoms with Crippen LogP contribution in [0.1, 0.15) is 23.6 Å². The van der Waals surface area contributed by atoms with Crippen molar-refractivity contribution in [3.63, 3.8) is 0 Å². The third-order valence-electron chi connectivity index (χ3n) is 4.96. The number of nitrogens with zero attached hydrogens (tertiary/aromatic N) is 5. The van der Waals surface area contributed by atoms with Crippen LogP contribution in [0.5, 0.6) is 0 Å². The molecule has 0 spiro atoms. The van der Waals surface area contributed by atoms with Crippen molar-refractivity contribution in [2.45, 2.75) is 18.9 Å². The summed E-state index contributed by atoms with van der Waals surface area (Å²) in [5.74, 6) is 1.48. The number of rotatable bonds is 3. The smallest absolute Gasteiger partial charge is 0.165 e. The third-order valence-corrected chi connectivity index (χ3v) is 4.96. The Labute approximate surface area is 150 Å². The van der Waals surface area contributed by atoms with E-state index in [2.05, 4.69) is 39.7 Å². The van der Waals surface area contributed by atoms with Gasteiger partial charge < -0.3 is 5.32 Å². The SMILES string of the molecule is Cn1ncc2c(N[C@H]3CCc4ccccc43)nc(-c3cccnc3)nc21. The summed E-state index contributed by atoms with van der Waals surface area (Å²) in [6.45, 7) is 0. The summed E-state index contributed by atoms with van der Waals surface area (Å²) in [7, 11) is 1.90. The van der Waals surface area contributed by atoms with Crippen molar-refractivity contribution >= 4 is 16.9 Å². The minimum Gasteiger partial charge on any atom is -0.363 e. The molecule has 6 heteroatoms. The molecule has 1 aliphatic carbocycles. The Kier molecular flexibility index (Phi) is 3.41. The summed E-state index contributed by atoms with van der Waals surface area (Å²) in [6, 6.07) is 12.7. The van der Waals surface area contributed by atoms with Crippen molar-refractivity contribution in [2.75, 3.05) is 5.32 Å². The molecule has 128 valence electrons. The number of hydrogen-bond donors (Lipinski definition) is 1. The van der Waals surface area contributed by atoms with Gasteiger partial charge in [0.25, 0.3) is 0 Å². The summed E-state index contributed by atoms with van der Waals surface area (Å²) in [5.41, 5.74) is 4.47. The summed E-state index contributed by atoms with van der Waals surface area (Å²) in [6.07, 6.45) is 7.51. The van der Waals surface area contributed by atoms with E-state index in [9.17, 15) is 0 Å². The molecule has 0 fully saturated rings. The van der Waals surface area contributed by atoms with Gasteiger partial charge >= 0.3 is 0 Å². The van der Waals surface area contributed by atoms with E-state index in [0.29, 0.717) is 5.82 Å². The van der Waals surface area contributed by atoms with Crippen molar-refractivity contribution in [1.82, 2.24) is 24.7 Å². The highest BCUT2D eigenvalue weighted by Gasteiger charge is 2.23. The van der Waals surface area contributed by atoms with E-state index in [-0.39, 0.29) is 6.04 Å². The Balaban J connectivity index is 1.61. The summed E-state index contributed by atoms with van der Waals surface area (Å²) >= 11 is 0. The van der Waals surface area contributed by atoms with E-state index >= 15 is 0 Å². The van der Waals surface area contributed by atoms with Gasteiger partial charge in [-0.25, -0.2) is 9.97 Å². The van der Waals surface area contributed by atoms with E-state index in [1.54, 1.807) is 17.1 Å². The van der Waals surface area contributed by atoms with Gasteiger partial charge in [-0.15, -0.1) is 0 Å². The van der Waals surface area contributed by atoms with E-state index in [0.717, 1.165) is 35.3 Å². The first-order valence-electron chi connectivity index (χ1n) is 8.74. The molecule has 1 N–H and O–H groups in total. The monoisotopic (exact) mass is 342 g/mol. The van der Waals surface area contributed by atoms with E-state index in [4.69, 9.17) is 9.97 Å². The first-order chi connectivity index (χ1) is 12.8. The van der Waals surface area contributed by atoms with Crippen LogP contribution in [0.4, 0.5) is 5.82 Å². The number of fused-ring (bicyclic) bond motifs is 2. The molecule has 5 rings (SSSR count). The van der Waals surface area contributed by atoms with Gasteiger partial charge in [0.15, 0.2) is 11.5 Å². The minimum absolute atomic E-state index is 0.256. The molecule has 3 heterocycles. The Morgan fingerprint density at radius 2 is 2.00 bits per heavy atom. The highest BCUT2D eigenvalue weighted by Crippen LogP contribution is 2.35. The number of nitrogens with one attached hydrogen (secondary N) is 1. The normalized spacial score (nSPS) is 16.0. The molecule has 1 aliphatic rings. The van der Waals surface area contributed by atoms with Crippen LogP contribution < -0.4 is 5.32 Å². The van der Waals surface area contributed by atoms with Crippen LogP contribution in [0.25, 0.3) is 22.4 Å². The largest absolute Gasteiger partial charge is 0.363 e. The summed E-state index contributed by atoms with van der Waals surface area (Å²) < 4.78 is 1.78. The maximum atomic E-state index is 4.81. The topological polar surface area (TPSA) is 68.5 Å². The predicted molar refractivity (Wildman–Crippen MR) is 101 cm³/mol. The second-order valence-corrected chi connectivity index (χ2v) is 6.58. The Bertz CT molecular complexity index is 1090. The number of benzene rings is 1. The van der Waals surface area contributed by atoms with Crippen molar-refractivity contribution in [1.29, 1.82) is 0 Å². The van der Waals surface area contributed by atoms with Crippen LogP contribution in [-0.4, -0.2) is 24.7 Å². The third kappa shape index (κ3) is 2.42. The molecule has 1 aromatic carbocycles. The van der Waals surface area contributed by atoms with Crippen molar-refractivity contribution < 1.29 is 0 Å². The average molecular weight is 342 g/mol. The fourth-order valence-corrected chi connectivity index (χ4v) is 3.63. The second kappa shape index (κ2) is 5.91. The van der Waals surface area contributed by atoms with E-state index in [1.165, 1.54) is 11.1 Å². The molecule has 1 atom stereocenters. The van der Waals surface area contributed by atoms with Crippen LogP contribution in [0.2, 0.25) is 0 Å². The Hall–Kier alpha value is -3.28. The number of aromatic nitrogens is 5. The molecule has 4 aromatic rings. The fraction of sp³-hybridized carbons (Fsp3) is 0.200. The van der Waals surface area contributed by atoms with Gasteiger partial charge in [0, 0.05) is 25.0 Å². The van der Waals surface area contributed by atoms with Crippen LogP contribution in [0.15, 0.2) is 55.0 Å². The van der Waals surface area contributed by atoms with Crippen molar-refractivity contribution in [3.8, 4) is 11.4 Å². The molecule has 0 bridgehead atoms. The zero-order valence-electron chi connectivity index (χ0n) is 14.4. The van der Waals surface area contributed by atoms with Crippen molar-refractivity contribution in [2.24, 2.45) is 7.05 Å². The van der Waals surface area contributed by atoms with Gasteiger partial charge in [-0.2, -0.15) is 5.10 Å². The zero-order chi connectivity index (χ0) is 17.5. The first-order valence-corrected chi connectivity index (χ1v) is 8.74. The van der Waals surface area contributed by atoms with Gasteiger partial charge in [0.05, 0.1) is 17.6 Å². The molecule has 0 saturated heterocycles. The van der Waals surface area contributed by atoms with Gasteiger partial charge in [-0.3, -0.25) is 9.67 Å². The zero-order valence-corrected chi connectivity index (χ0v) is 14.4. The lowest BCUT2D eigenvalue weighted by atomic mass is 10.1. The standard InChI is InChI=1S/C20H18N6/c1-26-20-16(12-22-26)19(24-18(25-20)14-6-4-10-21-11-14)23-17-9-8-13-5-2-3-7-15(13)17/h2-7,10-12,17H,8-9H2,1H3,(H,23,24,25)/t17-/m0/s1. The maximum absolute atomic E-state index is 4.81. The molecule has 0 aliphatic heterocycles. The van der Waals surface area contributed by atoms with Gasteiger partial charge in [0.2, 0.25) is 0 Å². The molecular formula is C20H18N6. The average Bonchev–Trinajstić information content (AvgIpc) is 3.27. The Morgan fingerprint density at radius 1 is 1.08 bits per heavy atom. The molecule has 0 unspecified atom stereocenters. The molecular weight excluding hydrogens is 324 g/mol. The number of aryl methyl sites for hydroxylation is 2. The predicted octanol–water partition coefficient (Wildman–Crippen LogP) is 3.52. The van der Waals surface area contributed by atoms with Gasteiger partial charge in [-0.05, 0) is 36.1 Å². The Morgan fingerprint density at radius 3 is 2.88 bits per heavy atom. The van der Waals surface area contributed by atoms with Crippen LogP contribution in [0, 0.1) is 0 Å². The molecule has 3 aromatic heterocycles. The quantitative estimate of drug-likeness (QED) is 0.617. The van der Waals surface area contributed by atoms with Crippen LogP contribution >= 0.6 is 0 Å². The highest BCUT2D eigenvalue weighted by molar-refractivity contribution is 5.88. The highest BCUT2D eigenvalue weighted by atomic mass is 15.3. The lowest BCUT2D eigenvalue weighted by molar-refractivity contribution is 0.758. The fourth-order valence-electron chi connectivity index (χ4n) is 3.63. The number of pyridine rings is 1. The van der Waals surface area contributed by atoms with Gasteiger partial charge in [-0.1, -0.05) is 24.3 Å². The van der Waals surface area contributed by atoms with E-state index < -0.39 is 0 Å². The van der Waals surface area contributed by atoms with E-state index in [1.807, 2.05) is 25.4 Å². The molecule has 0 saturated carbocycles. The van der Waals surface area contributed by atoms with Crippen molar-refractivity contribution in [3.05, 3.63) is 66.1 Å².